The van der Waals surface area contributed by atoms with Gasteiger partial charge in [-0.25, -0.2) is 0 Å². The molecule has 24 heavy (non-hydrogen) atoms. The van der Waals surface area contributed by atoms with E-state index in [0.717, 1.165) is 0 Å². The van der Waals surface area contributed by atoms with Crippen LogP contribution in [0.4, 0.5) is 14.5 Å². The number of halogens is 3. The van der Waals surface area contributed by atoms with Gasteiger partial charge in [0.25, 0.3) is 5.76 Å². The lowest BCUT2D eigenvalue weighted by Crippen LogP contribution is -2.00. The molecule has 0 radical (unpaired) electrons. The van der Waals surface area contributed by atoms with Crippen molar-refractivity contribution < 1.29 is 23.2 Å². The molecule has 2 aromatic carbocycles. The molecule has 0 aliphatic carbocycles. The summed E-state index contributed by atoms with van der Waals surface area (Å²) in [6, 6.07) is 8.71. The maximum atomic E-state index is 12.5. The maximum Gasteiger partial charge on any atom is 0.312 e. The fraction of sp³-hybridized carbons (Fsp3) is 0.200. The third-order valence-corrected chi connectivity index (χ3v) is 3.96. The number of hydrogen-bond donors (Lipinski definition) is 0. The molecule has 9 heteroatoms. The minimum atomic E-state index is -2.56. The molecule has 5 nitrogen and oxygen atoms in total. The Kier molecular flexibility index (Phi) is 6.22. The van der Waals surface area contributed by atoms with Gasteiger partial charge in [0.05, 0.1) is 16.9 Å². The highest BCUT2D eigenvalue weighted by Crippen LogP contribution is 2.35. The molecular weight excluding hydrogens is 364 g/mol. The molecule has 0 fully saturated rings. The van der Waals surface area contributed by atoms with Crippen molar-refractivity contribution in [1.29, 1.82) is 0 Å². The van der Waals surface area contributed by atoms with Crippen LogP contribution in [0, 0.1) is 10.1 Å². The largest absolute Gasteiger partial charge is 0.496 e. The number of rotatable bonds is 7. The summed E-state index contributed by atoms with van der Waals surface area (Å²) in [4.78, 5) is 10.7. The zero-order valence-corrected chi connectivity index (χ0v) is 13.9. The number of thioether (sulfide) groups is 1. The van der Waals surface area contributed by atoms with E-state index in [-0.39, 0.29) is 28.8 Å². The third-order valence-electron chi connectivity index (χ3n) is 2.96. The van der Waals surface area contributed by atoms with Crippen LogP contribution in [-0.4, -0.2) is 17.8 Å². The lowest BCUT2D eigenvalue weighted by Gasteiger charge is -2.11. The van der Waals surface area contributed by atoms with E-state index in [0.29, 0.717) is 22.2 Å². The minimum Gasteiger partial charge on any atom is -0.496 e. The first-order chi connectivity index (χ1) is 11.4. The van der Waals surface area contributed by atoms with Gasteiger partial charge in [0.2, 0.25) is 0 Å². The van der Waals surface area contributed by atoms with Gasteiger partial charge in [-0.3, -0.25) is 10.1 Å². The standard InChI is InChI=1S/C15H12ClF2NO4S/c1-22-13-6-9(2-5-14(13)24-15(17)18)8-23-12-4-3-10(16)7-11(12)19(20)21/h2-7,15H,8H2,1H3. The summed E-state index contributed by atoms with van der Waals surface area (Å²) in [5, 5.41) is 11.2. The molecule has 0 N–H and O–H groups in total. The lowest BCUT2D eigenvalue weighted by molar-refractivity contribution is -0.385. The molecular formula is C15H12ClF2NO4S. The lowest BCUT2D eigenvalue weighted by atomic mass is 10.2. The van der Waals surface area contributed by atoms with Crippen LogP contribution in [-0.2, 0) is 6.61 Å². The summed E-state index contributed by atoms with van der Waals surface area (Å²) in [6.45, 7) is 0.0124. The number of methoxy groups -OCH3 is 1. The molecule has 0 spiro atoms. The number of hydrogen-bond acceptors (Lipinski definition) is 5. The Labute approximate surface area is 145 Å². The van der Waals surface area contributed by atoms with Crippen molar-refractivity contribution >= 4 is 29.1 Å². The molecule has 0 unspecified atom stereocenters. The van der Waals surface area contributed by atoms with Crippen LogP contribution >= 0.6 is 23.4 Å². The number of nitro benzene ring substituents is 1. The molecule has 2 aromatic rings. The highest BCUT2D eigenvalue weighted by molar-refractivity contribution is 7.99. The quantitative estimate of drug-likeness (QED) is 0.380. The summed E-state index contributed by atoms with van der Waals surface area (Å²) < 4.78 is 35.5. The number of ether oxygens (including phenoxy) is 2. The topological polar surface area (TPSA) is 61.6 Å². The maximum absolute atomic E-state index is 12.5. The smallest absolute Gasteiger partial charge is 0.312 e. The molecule has 0 amide bonds. The van der Waals surface area contributed by atoms with Gasteiger partial charge in [0, 0.05) is 11.1 Å². The average Bonchev–Trinajstić information content (AvgIpc) is 2.54. The molecule has 0 aliphatic rings. The van der Waals surface area contributed by atoms with Gasteiger partial charge in [0.1, 0.15) is 12.4 Å². The summed E-state index contributed by atoms with van der Waals surface area (Å²) in [5.74, 6) is -2.21. The molecule has 0 atom stereocenters. The highest BCUT2D eigenvalue weighted by Gasteiger charge is 2.16. The van der Waals surface area contributed by atoms with Crippen molar-refractivity contribution in [2.45, 2.75) is 17.3 Å². The Bertz CT molecular complexity index is 745. The molecule has 0 aromatic heterocycles. The van der Waals surface area contributed by atoms with E-state index in [2.05, 4.69) is 0 Å². The summed E-state index contributed by atoms with van der Waals surface area (Å²) in [6.07, 6.45) is 0. The first-order valence-corrected chi connectivity index (χ1v) is 7.85. The zero-order valence-electron chi connectivity index (χ0n) is 12.4. The van der Waals surface area contributed by atoms with E-state index < -0.39 is 10.7 Å². The van der Waals surface area contributed by atoms with Crippen LogP contribution in [0.25, 0.3) is 0 Å². The van der Waals surface area contributed by atoms with Crippen LogP contribution in [0.5, 0.6) is 11.5 Å². The fourth-order valence-corrected chi connectivity index (χ4v) is 2.67. The van der Waals surface area contributed by atoms with Crippen molar-refractivity contribution in [3.05, 3.63) is 57.1 Å². The monoisotopic (exact) mass is 375 g/mol. The Hall–Kier alpha value is -2.06. The van der Waals surface area contributed by atoms with Crippen molar-refractivity contribution in [1.82, 2.24) is 0 Å². The van der Waals surface area contributed by atoms with Crippen LogP contribution in [0.3, 0.4) is 0 Å². The van der Waals surface area contributed by atoms with Gasteiger partial charge in [-0.05, 0) is 29.8 Å². The van der Waals surface area contributed by atoms with E-state index in [9.17, 15) is 18.9 Å². The van der Waals surface area contributed by atoms with Crippen molar-refractivity contribution in [2.75, 3.05) is 7.11 Å². The Morgan fingerprint density at radius 1 is 1.25 bits per heavy atom. The van der Waals surface area contributed by atoms with Gasteiger partial charge >= 0.3 is 5.69 Å². The molecule has 0 heterocycles. The summed E-state index contributed by atoms with van der Waals surface area (Å²) in [7, 11) is 1.37. The van der Waals surface area contributed by atoms with E-state index >= 15 is 0 Å². The van der Waals surface area contributed by atoms with Gasteiger partial charge < -0.3 is 9.47 Å². The van der Waals surface area contributed by atoms with E-state index in [1.807, 2.05) is 0 Å². The molecule has 128 valence electrons. The van der Waals surface area contributed by atoms with Crippen LogP contribution in [0.1, 0.15) is 5.56 Å². The van der Waals surface area contributed by atoms with E-state index in [1.165, 1.54) is 31.4 Å². The second kappa shape index (κ2) is 8.16. The molecule has 0 aliphatic heterocycles. The Morgan fingerprint density at radius 3 is 2.62 bits per heavy atom. The predicted octanol–water partition coefficient (Wildman–Crippen LogP) is 5.15. The van der Waals surface area contributed by atoms with Crippen molar-refractivity contribution in [2.24, 2.45) is 0 Å². The second-order valence-electron chi connectivity index (χ2n) is 4.52. The fourth-order valence-electron chi connectivity index (χ4n) is 1.91. The summed E-state index contributed by atoms with van der Waals surface area (Å²) >= 11 is 6.11. The molecule has 2 rings (SSSR count). The Balaban J connectivity index is 2.16. The average molecular weight is 376 g/mol. The summed E-state index contributed by atoms with van der Waals surface area (Å²) in [5.41, 5.74) is 0.369. The first kappa shape index (κ1) is 18.3. The van der Waals surface area contributed by atoms with Gasteiger partial charge in [-0.15, -0.1) is 0 Å². The number of nitro groups is 1. The molecule has 0 saturated carbocycles. The molecule has 0 bridgehead atoms. The number of nitrogens with zero attached hydrogens (tertiary/aromatic N) is 1. The van der Waals surface area contributed by atoms with Crippen molar-refractivity contribution in [3.8, 4) is 11.5 Å². The number of benzene rings is 2. The van der Waals surface area contributed by atoms with Crippen LogP contribution in [0.2, 0.25) is 5.02 Å². The second-order valence-corrected chi connectivity index (χ2v) is 5.99. The van der Waals surface area contributed by atoms with Crippen molar-refractivity contribution in [3.63, 3.8) is 0 Å². The first-order valence-electron chi connectivity index (χ1n) is 6.59. The van der Waals surface area contributed by atoms with Gasteiger partial charge in [0.15, 0.2) is 5.75 Å². The van der Waals surface area contributed by atoms with Gasteiger partial charge in [-0.1, -0.05) is 29.4 Å². The third kappa shape index (κ3) is 4.72. The van der Waals surface area contributed by atoms with Gasteiger partial charge in [-0.2, -0.15) is 8.78 Å². The molecule has 0 saturated heterocycles. The zero-order chi connectivity index (χ0) is 17.7. The minimum absolute atomic E-state index is 0.0124. The highest BCUT2D eigenvalue weighted by atomic mass is 35.5. The normalized spacial score (nSPS) is 10.7. The van der Waals surface area contributed by atoms with E-state index in [1.54, 1.807) is 12.1 Å². The van der Waals surface area contributed by atoms with E-state index in [4.69, 9.17) is 21.1 Å². The SMILES string of the molecule is COc1cc(COc2ccc(Cl)cc2[N+](=O)[O-])ccc1SC(F)F. The van der Waals surface area contributed by atoms with Crippen LogP contribution in [0.15, 0.2) is 41.3 Å². The number of alkyl halides is 2. The predicted molar refractivity (Wildman–Crippen MR) is 87.3 cm³/mol. The van der Waals surface area contributed by atoms with Crippen LogP contribution < -0.4 is 9.47 Å². The Morgan fingerprint density at radius 2 is 2.00 bits per heavy atom.